The van der Waals surface area contributed by atoms with Crippen molar-refractivity contribution in [2.75, 3.05) is 19.6 Å². The Bertz CT molecular complexity index is 965. The van der Waals surface area contributed by atoms with E-state index in [1.54, 1.807) is 23.0 Å². The van der Waals surface area contributed by atoms with Gasteiger partial charge in [-0.15, -0.1) is 0 Å². The third kappa shape index (κ3) is 5.11. The molecule has 0 bridgehead atoms. The van der Waals surface area contributed by atoms with Gasteiger partial charge in [0.2, 0.25) is 5.91 Å². The Morgan fingerprint density at radius 2 is 2.09 bits per heavy atom. The summed E-state index contributed by atoms with van der Waals surface area (Å²) in [5, 5.41) is 6.72. The van der Waals surface area contributed by atoms with Gasteiger partial charge in [-0.05, 0) is 50.8 Å². The maximum Gasteiger partial charge on any atom is 0.225 e. The zero-order valence-electron chi connectivity index (χ0n) is 19.0. The van der Waals surface area contributed by atoms with Gasteiger partial charge < -0.3 is 20.1 Å². The summed E-state index contributed by atoms with van der Waals surface area (Å²) in [5.74, 6) is 1.68. The van der Waals surface area contributed by atoms with Crippen molar-refractivity contribution >= 4 is 11.9 Å². The highest BCUT2D eigenvalue weighted by Gasteiger charge is 2.32. The Morgan fingerprint density at radius 1 is 1.28 bits per heavy atom. The second-order valence-corrected chi connectivity index (χ2v) is 8.72. The van der Waals surface area contributed by atoms with Crippen LogP contribution in [0, 0.1) is 18.7 Å². The number of hydrogen-bond donors (Lipinski definition) is 2. The molecule has 1 amide bonds. The van der Waals surface area contributed by atoms with E-state index in [4.69, 9.17) is 0 Å². The van der Waals surface area contributed by atoms with E-state index in [9.17, 15) is 9.18 Å². The van der Waals surface area contributed by atoms with Crippen molar-refractivity contribution < 1.29 is 9.18 Å². The summed E-state index contributed by atoms with van der Waals surface area (Å²) >= 11 is 0. The monoisotopic (exact) mass is 440 g/mol. The van der Waals surface area contributed by atoms with E-state index in [1.165, 1.54) is 18.9 Å². The lowest BCUT2D eigenvalue weighted by Crippen LogP contribution is -2.45. The van der Waals surface area contributed by atoms with Crippen molar-refractivity contribution in [2.24, 2.45) is 10.9 Å². The Morgan fingerprint density at radius 3 is 2.78 bits per heavy atom. The molecule has 2 N–H and O–H groups in total. The van der Waals surface area contributed by atoms with Gasteiger partial charge in [-0.2, -0.15) is 0 Å². The van der Waals surface area contributed by atoms with Gasteiger partial charge in [-0.1, -0.05) is 18.9 Å². The Hall–Kier alpha value is -2.90. The van der Waals surface area contributed by atoms with Gasteiger partial charge in [0.05, 0.1) is 12.2 Å². The van der Waals surface area contributed by atoms with Gasteiger partial charge in [0.25, 0.3) is 0 Å². The Balaban J connectivity index is 1.36. The fraction of sp³-hybridized carbons (Fsp3) is 0.542. The average molecular weight is 441 g/mol. The molecular weight excluding hydrogens is 407 g/mol. The molecule has 1 atom stereocenters. The summed E-state index contributed by atoms with van der Waals surface area (Å²) in [6.07, 6.45) is 8.74. The van der Waals surface area contributed by atoms with Crippen LogP contribution in [0.4, 0.5) is 4.39 Å². The van der Waals surface area contributed by atoms with Crippen LogP contribution in [0.25, 0.3) is 5.69 Å². The largest absolute Gasteiger partial charge is 0.357 e. The van der Waals surface area contributed by atoms with E-state index in [0.29, 0.717) is 30.6 Å². The first-order valence-electron chi connectivity index (χ1n) is 11.7. The van der Waals surface area contributed by atoms with E-state index >= 15 is 0 Å². The third-order valence-corrected chi connectivity index (χ3v) is 6.41. The number of nitrogens with zero attached hydrogens (tertiary/aromatic N) is 4. The predicted octanol–water partition coefficient (Wildman–Crippen LogP) is 3.17. The highest BCUT2D eigenvalue weighted by molar-refractivity contribution is 5.81. The fourth-order valence-corrected chi connectivity index (χ4v) is 4.67. The maximum absolute atomic E-state index is 14.7. The molecule has 1 aromatic heterocycles. The van der Waals surface area contributed by atoms with Crippen molar-refractivity contribution in [1.82, 2.24) is 25.1 Å². The molecular formula is C24H33FN6O. The first-order valence-corrected chi connectivity index (χ1v) is 11.7. The van der Waals surface area contributed by atoms with Gasteiger partial charge in [0, 0.05) is 44.0 Å². The van der Waals surface area contributed by atoms with Gasteiger partial charge in [-0.25, -0.2) is 14.4 Å². The van der Waals surface area contributed by atoms with Crippen molar-refractivity contribution in [3.63, 3.8) is 0 Å². The van der Waals surface area contributed by atoms with Crippen LogP contribution in [-0.4, -0.2) is 52.0 Å². The molecule has 0 spiro atoms. The molecule has 1 saturated carbocycles. The molecule has 2 fully saturated rings. The van der Waals surface area contributed by atoms with Gasteiger partial charge in [-0.3, -0.25) is 4.79 Å². The van der Waals surface area contributed by atoms with Crippen molar-refractivity contribution in [3.05, 3.63) is 47.8 Å². The van der Waals surface area contributed by atoms with Crippen molar-refractivity contribution in [2.45, 2.75) is 58.5 Å². The predicted molar refractivity (Wildman–Crippen MR) is 123 cm³/mol. The molecule has 8 heteroatoms. The number of guanidine groups is 1. The minimum absolute atomic E-state index is 0.182. The number of aryl methyl sites for hydroxylation is 1. The van der Waals surface area contributed by atoms with E-state index in [0.717, 1.165) is 43.7 Å². The van der Waals surface area contributed by atoms with E-state index in [-0.39, 0.29) is 17.8 Å². The van der Waals surface area contributed by atoms with E-state index < -0.39 is 0 Å². The summed E-state index contributed by atoms with van der Waals surface area (Å²) in [5.41, 5.74) is 1.28. The molecule has 1 unspecified atom stereocenters. The number of carbonyl (C=O) groups excluding carboxylic acids is 1. The minimum atomic E-state index is -0.298. The van der Waals surface area contributed by atoms with Crippen LogP contribution in [0.3, 0.4) is 0 Å². The van der Waals surface area contributed by atoms with Crippen LogP contribution < -0.4 is 10.6 Å². The number of rotatable bonds is 6. The summed E-state index contributed by atoms with van der Waals surface area (Å²) in [6.45, 7) is 6.48. The Labute approximate surface area is 189 Å². The first kappa shape index (κ1) is 22.3. The molecule has 2 aliphatic rings. The molecule has 7 nitrogen and oxygen atoms in total. The molecule has 172 valence electrons. The van der Waals surface area contributed by atoms with Crippen LogP contribution in [0.5, 0.6) is 0 Å². The molecule has 2 aromatic rings. The Kier molecular flexibility index (Phi) is 7.07. The number of benzene rings is 1. The number of nitrogens with one attached hydrogen (secondary N) is 2. The number of carbonyl (C=O) groups is 1. The van der Waals surface area contributed by atoms with E-state index in [1.807, 2.05) is 24.8 Å². The lowest BCUT2D eigenvalue weighted by Gasteiger charge is -2.21. The number of imidazole rings is 1. The van der Waals surface area contributed by atoms with Gasteiger partial charge >= 0.3 is 0 Å². The number of aliphatic imine (C=N–C) groups is 1. The fourth-order valence-electron chi connectivity index (χ4n) is 4.67. The molecule has 1 aromatic carbocycles. The number of likely N-dealkylation sites (tertiary alicyclic amines) is 1. The molecule has 1 saturated heterocycles. The molecule has 4 rings (SSSR count). The smallest absolute Gasteiger partial charge is 0.225 e. The molecule has 32 heavy (non-hydrogen) atoms. The number of halogens is 1. The van der Waals surface area contributed by atoms with Crippen molar-refractivity contribution in [1.29, 1.82) is 0 Å². The van der Waals surface area contributed by atoms with Gasteiger partial charge in [0.15, 0.2) is 5.96 Å². The molecule has 2 heterocycles. The highest BCUT2D eigenvalue weighted by atomic mass is 19.1. The van der Waals surface area contributed by atoms with Crippen LogP contribution in [0.2, 0.25) is 0 Å². The van der Waals surface area contributed by atoms with Crippen molar-refractivity contribution in [3.8, 4) is 5.69 Å². The van der Waals surface area contributed by atoms with E-state index in [2.05, 4.69) is 20.6 Å². The second kappa shape index (κ2) is 10.1. The summed E-state index contributed by atoms with van der Waals surface area (Å²) in [6, 6.07) is 5.36. The normalized spacial score (nSPS) is 19.5. The zero-order chi connectivity index (χ0) is 22.5. The summed E-state index contributed by atoms with van der Waals surface area (Å²) in [4.78, 5) is 23.5. The van der Waals surface area contributed by atoms with Crippen LogP contribution in [-0.2, 0) is 11.3 Å². The topological polar surface area (TPSA) is 74.6 Å². The molecule has 0 radical (unpaired) electrons. The van der Waals surface area contributed by atoms with Crippen LogP contribution in [0.1, 0.15) is 50.4 Å². The molecule has 1 aliphatic carbocycles. The average Bonchev–Trinajstić information content (AvgIpc) is 3.54. The SMILES string of the molecule is CCNC(=NCc1ccc(-n2ccnc2C)c(F)c1)NC1CCN(C(=O)C2CCCC2)C1. The second-order valence-electron chi connectivity index (χ2n) is 8.72. The zero-order valence-corrected chi connectivity index (χ0v) is 19.0. The quantitative estimate of drug-likeness (QED) is 0.535. The number of aromatic nitrogens is 2. The minimum Gasteiger partial charge on any atom is -0.357 e. The van der Waals surface area contributed by atoms with Gasteiger partial charge in [0.1, 0.15) is 11.6 Å². The van der Waals surface area contributed by atoms with Crippen LogP contribution in [0.15, 0.2) is 35.6 Å². The lowest BCUT2D eigenvalue weighted by atomic mass is 10.1. The first-order chi connectivity index (χ1) is 15.5. The standard InChI is InChI=1S/C24H33FN6O/c1-3-26-24(29-20-10-12-30(16-20)23(32)19-6-4-5-7-19)28-15-18-8-9-22(21(25)14-18)31-13-11-27-17(31)2/h8-9,11,13-14,19-20H,3-7,10,12,15-16H2,1-2H3,(H2,26,28,29). The number of amides is 1. The number of hydrogen-bond acceptors (Lipinski definition) is 3. The third-order valence-electron chi connectivity index (χ3n) is 6.41. The summed E-state index contributed by atoms with van der Waals surface area (Å²) < 4.78 is 16.4. The summed E-state index contributed by atoms with van der Waals surface area (Å²) in [7, 11) is 0. The molecule has 1 aliphatic heterocycles. The maximum atomic E-state index is 14.7. The highest BCUT2D eigenvalue weighted by Crippen LogP contribution is 2.27. The van der Waals surface area contributed by atoms with Crippen LogP contribution >= 0.6 is 0 Å². The lowest BCUT2D eigenvalue weighted by molar-refractivity contribution is -0.134.